The molecule has 162 valence electrons. The van der Waals surface area contributed by atoms with E-state index in [9.17, 15) is 4.79 Å². The first-order valence-corrected chi connectivity index (χ1v) is 11.8. The molecule has 2 heterocycles. The summed E-state index contributed by atoms with van der Waals surface area (Å²) in [6.45, 7) is 5.29. The Labute approximate surface area is 192 Å². The molecule has 1 amide bonds. The number of para-hydroxylation sites is 2. The minimum atomic E-state index is -0.206. The number of carbonyl (C=O) groups excluding carboxylic acids is 1. The number of nitrogens with one attached hydrogen (secondary N) is 2. The number of benzene rings is 2. The van der Waals surface area contributed by atoms with Crippen molar-refractivity contribution in [3.63, 3.8) is 0 Å². The van der Waals surface area contributed by atoms with Gasteiger partial charge in [0.05, 0.1) is 17.1 Å². The van der Waals surface area contributed by atoms with Crippen LogP contribution in [0, 0.1) is 0 Å². The van der Waals surface area contributed by atoms with E-state index in [0.717, 1.165) is 39.8 Å². The average Bonchev–Trinajstić information content (AvgIpc) is 3.31. The van der Waals surface area contributed by atoms with Gasteiger partial charge in [0.15, 0.2) is 5.16 Å². The van der Waals surface area contributed by atoms with E-state index in [1.54, 1.807) is 11.8 Å². The number of carbonyl (C=O) groups is 1. The Morgan fingerprint density at radius 3 is 2.74 bits per heavy atom. The molecule has 5 nitrogen and oxygen atoms in total. The van der Waals surface area contributed by atoms with Crippen LogP contribution in [0.3, 0.4) is 0 Å². The molecule has 1 fully saturated rings. The minimum absolute atomic E-state index is 0.0619. The zero-order valence-electron chi connectivity index (χ0n) is 17.7. The van der Waals surface area contributed by atoms with Crippen LogP contribution < -0.4 is 5.32 Å². The second-order valence-electron chi connectivity index (χ2n) is 8.15. The van der Waals surface area contributed by atoms with Crippen LogP contribution in [0.2, 0.25) is 0 Å². The first kappa shape index (κ1) is 21.9. The fraction of sp³-hybridized carbons (Fsp3) is 0.333. The molecule has 1 saturated heterocycles. The summed E-state index contributed by atoms with van der Waals surface area (Å²) in [4.78, 5) is 23.1. The zero-order chi connectivity index (χ0) is 21.8. The summed E-state index contributed by atoms with van der Waals surface area (Å²) in [5, 5.41) is 4.94. The topological polar surface area (TPSA) is 61.0 Å². The number of likely N-dealkylation sites (tertiary alicyclic amines) is 1. The highest BCUT2D eigenvalue weighted by atomic mass is 35.5. The highest BCUT2D eigenvalue weighted by Gasteiger charge is 2.38. The van der Waals surface area contributed by atoms with Crippen molar-refractivity contribution in [2.45, 2.75) is 42.8 Å². The Hall–Kier alpha value is -2.28. The Kier molecular flexibility index (Phi) is 7.00. The molecule has 0 bridgehead atoms. The molecule has 4 rings (SSSR count). The lowest BCUT2D eigenvalue weighted by molar-refractivity contribution is -0.125. The average molecular weight is 455 g/mol. The molecule has 0 aliphatic carbocycles. The van der Waals surface area contributed by atoms with Crippen molar-refractivity contribution >= 4 is 46.4 Å². The lowest BCUT2D eigenvalue weighted by Crippen LogP contribution is -2.45. The molecule has 2 N–H and O–H groups in total. The molecule has 0 spiro atoms. The highest BCUT2D eigenvalue weighted by molar-refractivity contribution is 7.99. The van der Waals surface area contributed by atoms with E-state index < -0.39 is 0 Å². The molecule has 2 aromatic carbocycles. The van der Waals surface area contributed by atoms with E-state index in [4.69, 9.17) is 11.6 Å². The molecule has 1 aromatic heterocycles. The molecule has 1 aliphatic rings. The van der Waals surface area contributed by atoms with Gasteiger partial charge in [-0.3, -0.25) is 9.69 Å². The van der Waals surface area contributed by atoms with Crippen molar-refractivity contribution in [1.29, 1.82) is 0 Å². The van der Waals surface area contributed by atoms with Crippen LogP contribution in [0.15, 0.2) is 64.8 Å². The second-order valence-corrected chi connectivity index (χ2v) is 9.92. The maximum Gasteiger partial charge on any atom is 0.237 e. The first-order valence-electron chi connectivity index (χ1n) is 10.5. The number of amides is 1. The second kappa shape index (κ2) is 9.90. The summed E-state index contributed by atoms with van der Waals surface area (Å²) in [6, 6.07) is 17.9. The number of imidazole rings is 1. The van der Waals surface area contributed by atoms with Gasteiger partial charge in [0.1, 0.15) is 0 Å². The normalized spacial score (nSPS) is 19.9. The third-order valence-corrected chi connectivity index (χ3v) is 6.54. The van der Waals surface area contributed by atoms with Crippen molar-refractivity contribution in [1.82, 2.24) is 20.2 Å². The van der Waals surface area contributed by atoms with E-state index in [1.165, 1.54) is 0 Å². The van der Waals surface area contributed by atoms with Crippen molar-refractivity contribution in [2.75, 3.05) is 13.1 Å². The molecule has 1 aliphatic heterocycles. The third kappa shape index (κ3) is 5.70. The molecular formula is C24H27ClN4OS. The SMILES string of the molecule is CC(C)NC(=O)[C@@H]1C[C@H](Sc2nc3ccccc3[nH]2)CN1C/C(Cl)=C/c1ccccc1. The summed E-state index contributed by atoms with van der Waals surface area (Å²) in [5.41, 5.74) is 3.05. The van der Waals surface area contributed by atoms with Gasteiger partial charge in [-0.15, -0.1) is 0 Å². The Morgan fingerprint density at radius 2 is 2.00 bits per heavy atom. The van der Waals surface area contributed by atoms with Crippen LogP contribution in [0.5, 0.6) is 0 Å². The Morgan fingerprint density at radius 1 is 1.26 bits per heavy atom. The fourth-order valence-electron chi connectivity index (χ4n) is 3.89. The number of hydrogen-bond acceptors (Lipinski definition) is 4. The van der Waals surface area contributed by atoms with Crippen LogP contribution in [0.25, 0.3) is 17.1 Å². The predicted octanol–water partition coefficient (Wildman–Crippen LogP) is 4.90. The summed E-state index contributed by atoms with van der Waals surface area (Å²) >= 11 is 8.30. The lowest BCUT2D eigenvalue weighted by atomic mass is 10.2. The zero-order valence-corrected chi connectivity index (χ0v) is 19.3. The highest BCUT2D eigenvalue weighted by Crippen LogP contribution is 2.33. The number of nitrogens with zero attached hydrogens (tertiary/aromatic N) is 2. The largest absolute Gasteiger partial charge is 0.353 e. The van der Waals surface area contributed by atoms with Gasteiger partial charge < -0.3 is 10.3 Å². The summed E-state index contributed by atoms with van der Waals surface area (Å²) < 4.78 is 0. The van der Waals surface area contributed by atoms with Crippen molar-refractivity contribution in [3.05, 3.63) is 65.2 Å². The molecule has 0 radical (unpaired) electrons. The van der Waals surface area contributed by atoms with E-state index in [1.807, 2.05) is 74.5 Å². The monoisotopic (exact) mass is 454 g/mol. The number of thioether (sulfide) groups is 1. The van der Waals surface area contributed by atoms with Crippen molar-refractivity contribution < 1.29 is 4.79 Å². The fourth-order valence-corrected chi connectivity index (χ4v) is 5.35. The lowest BCUT2D eigenvalue weighted by Gasteiger charge is -2.24. The number of fused-ring (bicyclic) bond motifs is 1. The van der Waals surface area contributed by atoms with Gasteiger partial charge in [-0.05, 0) is 44.0 Å². The van der Waals surface area contributed by atoms with Crippen LogP contribution >= 0.6 is 23.4 Å². The number of H-pyrrole nitrogens is 1. The van der Waals surface area contributed by atoms with Crippen LogP contribution in [0.4, 0.5) is 0 Å². The van der Waals surface area contributed by atoms with Gasteiger partial charge in [0.2, 0.25) is 5.91 Å². The number of rotatable bonds is 7. The summed E-state index contributed by atoms with van der Waals surface area (Å²) in [5.74, 6) is 0.0619. The standard InChI is InChI=1S/C24H27ClN4OS/c1-16(2)26-23(30)22-13-19(31-24-27-20-10-6-7-11-21(20)28-24)15-29(22)14-18(25)12-17-8-4-3-5-9-17/h3-12,16,19,22H,13-15H2,1-2H3,(H,26,30)(H,27,28)/b18-12-/t19-,22-/m0/s1. The van der Waals surface area contributed by atoms with E-state index in [2.05, 4.69) is 20.2 Å². The predicted molar refractivity (Wildman–Crippen MR) is 129 cm³/mol. The smallest absolute Gasteiger partial charge is 0.237 e. The number of aromatic nitrogens is 2. The Balaban J connectivity index is 1.48. The van der Waals surface area contributed by atoms with E-state index in [0.29, 0.717) is 6.54 Å². The maximum atomic E-state index is 12.9. The molecule has 3 aromatic rings. The summed E-state index contributed by atoms with van der Waals surface area (Å²) in [6.07, 6.45) is 2.73. The van der Waals surface area contributed by atoms with Gasteiger partial charge in [0, 0.05) is 29.4 Å². The van der Waals surface area contributed by atoms with Gasteiger partial charge in [-0.1, -0.05) is 65.8 Å². The number of hydrogen-bond donors (Lipinski definition) is 2. The quantitative estimate of drug-likeness (QED) is 0.533. The van der Waals surface area contributed by atoms with Gasteiger partial charge in [-0.25, -0.2) is 4.98 Å². The maximum absolute atomic E-state index is 12.9. The third-order valence-electron chi connectivity index (χ3n) is 5.22. The number of aromatic amines is 1. The molecule has 7 heteroatoms. The molecular weight excluding hydrogens is 428 g/mol. The number of halogens is 1. The Bertz CT molecular complexity index is 1030. The van der Waals surface area contributed by atoms with Crippen molar-refractivity contribution in [3.8, 4) is 0 Å². The van der Waals surface area contributed by atoms with E-state index >= 15 is 0 Å². The van der Waals surface area contributed by atoms with Gasteiger partial charge in [-0.2, -0.15) is 0 Å². The van der Waals surface area contributed by atoms with Gasteiger partial charge >= 0.3 is 0 Å². The minimum Gasteiger partial charge on any atom is -0.353 e. The molecule has 2 atom stereocenters. The van der Waals surface area contributed by atoms with Crippen LogP contribution in [-0.4, -0.2) is 51.2 Å². The molecule has 0 saturated carbocycles. The van der Waals surface area contributed by atoms with Gasteiger partial charge in [0.25, 0.3) is 0 Å². The van der Waals surface area contributed by atoms with Crippen LogP contribution in [-0.2, 0) is 4.79 Å². The molecule has 31 heavy (non-hydrogen) atoms. The first-order chi connectivity index (χ1) is 15.0. The van der Waals surface area contributed by atoms with E-state index in [-0.39, 0.29) is 23.2 Å². The summed E-state index contributed by atoms with van der Waals surface area (Å²) in [7, 11) is 0. The molecule has 0 unspecified atom stereocenters. The van der Waals surface area contributed by atoms with Crippen LogP contribution in [0.1, 0.15) is 25.8 Å². The van der Waals surface area contributed by atoms with Crippen molar-refractivity contribution in [2.24, 2.45) is 0 Å².